The van der Waals surface area contributed by atoms with Crippen LogP contribution in [-0.2, 0) is 16.1 Å². The maximum Gasteiger partial charge on any atom is 0.309 e. The van der Waals surface area contributed by atoms with Gasteiger partial charge in [-0.05, 0) is 62.5 Å². The van der Waals surface area contributed by atoms with Gasteiger partial charge in [-0.3, -0.25) is 14.7 Å². The highest BCUT2D eigenvalue weighted by atomic mass is 19.1. The van der Waals surface area contributed by atoms with Crippen LogP contribution in [0, 0.1) is 22.9 Å². The molecule has 0 saturated carbocycles. The number of fused-ring (bicyclic) bond motifs is 1. The van der Waals surface area contributed by atoms with Crippen molar-refractivity contribution in [1.82, 2.24) is 14.8 Å². The van der Waals surface area contributed by atoms with Crippen LogP contribution in [0.3, 0.4) is 0 Å². The Kier molecular flexibility index (Phi) is 10.2. The molecule has 44 heavy (non-hydrogen) atoms. The van der Waals surface area contributed by atoms with Crippen molar-refractivity contribution in [3.63, 3.8) is 0 Å². The number of ether oxygens (including phenoxy) is 2. The molecule has 1 atom stereocenters. The molecule has 12 heteroatoms. The lowest BCUT2D eigenvalue weighted by molar-refractivity contribution is -0.153. The summed E-state index contributed by atoms with van der Waals surface area (Å²) in [6.45, 7) is 4.67. The first-order chi connectivity index (χ1) is 21.2. The molecule has 2 aromatic carbocycles. The van der Waals surface area contributed by atoms with E-state index in [0.717, 1.165) is 18.7 Å². The zero-order chi connectivity index (χ0) is 31.3. The molecule has 0 spiro atoms. The van der Waals surface area contributed by atoms with E-state index < -0.39 is 40.7 Å². The van der Waals surface area contributed by atoms with Crippen LogP contribution < -0.4 is 10.1 Å². The molecule has 2 aliphatic heterocycles. The van der Waals surface area contributed by atoms with Crippen LogP contribution >= 0.6 is 0 Å². The molecule has 0 amide bonds. The van der Waals surface area contributed by atoms with Crippen LogP contribution in [0.2, 0.25) is 0 Å². The van der Waals surface area contributed by atoms with Gasteiger partial charge in [0, 0.05) is 62.0 Å². The topological polar surface area (TPSA) is 87.2 Å². The Bertz CT molecular complexity index is 1440. The van der Waals surface area contributed by atoms with Gasteiger partial charge in [0.25, 0.3) is 0 Å². The number of methoxy groups -OCH3 is 1. The summed E-state index contributed by atoms with van der Waals surface area (Å²) in [5.74, 6) is -3.38. The van der Waals surface area contributed by atoms with E-state index in [4.69, 9.17) is 9.47 Å². The molecule has 2 N–H and O–H groups in total. The van der Waals surface area contributed by atoms with Crippen molar-refractivity contribution in [1.29, 1.82) is 0 Å². The minimum Gasteiger partial charge on any atom is -0.497 e. The number of morpholine rings is 1. The predicted octanol–water partition coefficient (Wildman–Crippen LogP) is 5.56. The number of nitrogens with one attached hydrogen (secondary N) is 1. The third kappa shape index (κ3) is 7.24. The van der Waals surface area contributed by atoms with Crippen LogP contribution in [0.25, 0.3) is 10.9 Å². The third-order valence-corrected chi connectivity index (χ3v) is 8.89. The number of pyridine rings is 1. The maximum atomic E-state index is 16.4. The standard InChI is InChI=1S/C32H38F4N4O4/c1-43-23-2-3-28-24(18-23)29(21(19-38-28)20-40-12-14-44-15-13-40)25(34)4-5-32(31(41)42)6-9-39(10-7-32)11-8-37-30-26(35)16-22(33)17-27(30)36/h2-3,16-19,25,37H,4-15,20H2,1H3,(H,41,42)/t25-/m1/s1. The summed E-state index contributed by atoms with van der Waals surface area (Å²) >= 11 is 0. The Labute approximate surface area is 253 Å². The number of aliphatic carboxylic acids is 1. The Morgan fingerprint density at radius 1 is 1.09 bits per heavy atom. The van der Waals surface area contributed by atoms with Gasteiger partial charge < -0.3 is 24.8 Å². The number of piperidine rings is 1. The fourth-order valence-electron chi connectivity index (χ4n) is 6.23. The minimum absolute atomic E-state index is 0.0312. The Morgan fingerprint density at radius 3 is 2.45 bits per heavy atom. The van der Waals surface area contributed by atoms with Gasteiger partial charge in [-0.2, -0.15) is 0 Å². The van der Waals surface area contributed by atoms with Crippen LogP contribution in [0.4, 0.5) is 23.2 Å². The molecule has 2 fully saturated rings. The fraction of sp³-hybridized carbons (Fsp3) is 0.500. The molecule has 238 valence electrons. The monoisotopic (exact) mass is 618 g/mol. The predicted molar refractivity (Wildman–Crippen MR) is 158 cm³/mol. The third-order valence-electron chi connectivity index (χ3n) is 8.89. The van der Waals surface area contributed by atoms with Gasteiger partial charge in [0.2, 0.25) is 0 Å². The first-order valence-electron chi connectivity index (χ1n) is 14.9. The smallest absolute Gasteiger partial charge is 0.309 e. The van der Waals surface area contributed by atoms with Gasteiger partial charge in [-0.15, -0.1) is 0 Å². The Hall–Kier alpha value is -3.48. The summed E-state index contributed by atoms with van der Waals surface area (Å²) in [5.41, 5.74) is 0.440. The number of halogens is 4. The van der Waals surface area contributed by atoms with Gasteiger partial charge in [-0.25, -0.2) is 17.6 Å². The highest BCUT2D eigenvalue weighted by Crippen LogP contribution is 2.42. The SMILES string of the molecule is COc1ccc2ncc(CN3CCOCC3)c([C@H](F)CCC3(C(=O)O)CCN(CCNc4c(F)cc(F)cc4F)CC3)c2c1. The van der Waals surface area contributed by atoms with Crippen molar-refractivity contribution < 1.29 is 36.9 Å². The average Bonchev–Trinajstić information content (AvgIpc) is 3.01. The number of rotatable bonds is 12. The van der Waals surface area contributed by atoms with E-state index in [1.165, 1.54) is 0 Å². The number of anilines is 1. The number of carboxylic acid groups (broad SMARTS) is 1. The molecule has 3 heterocycles. The van der Waals surface area contributed by atoms with Gasteiger partial charge in [0.15, 0.2) is 11.6 Å². The van der Waals surface area contributed by atoms with Crippen molar-refractivity contribution in [2.24, 2.45) is 5.41 Å². The summed E-state index contributed by atoms with van der Waals surface area (Å²) in [6, 6.07) is 6.59. The summed E-state index contributed by atoms with van der Waals surface area (Å²) in [6.07, 6.45) is 1.13. The van der Waals surface area contributed by atoms with Gasteiger partial charge >= 0.3 is 5.97 Å². The molecule has 1 aromatic heterocycles. The summed E-state index contributed by atoms with van der Waals surface area (Å²) in [5, 5.41) is 13.6. The molecule has 0 bridgehead atoms. The van der Waals surface area contributed by atoms with E-state index in [-0.39, 0.29) is 19.4 Å². The second-order valence-corrected chi connectivity index (χ2v) is 11.6. The Balaban J connectivity index is 1.25. The van der Waals surface area contributed by atoms with Crippen LogP contribution in [-0.4, -0.2) is 85.5 Å². The minimum atomic E-state index is -1.41. The molecule has 3 aromatic rings. The average molecular weight is 619 g/mol. The molecule has 5 rings (SSSR count). The van der Waals surface area contributed by atoms with E-state index in [1.54, 1.807) is 31.5 Å². The zero-order valence-corrected chi connectivity index (χ0v) is 24.8. The molecule has 0 unspecified atom stereocenters. The number of alkyl halides is 1. The lowest BCUT2D eigenvalue weighted by Crippen LogP contribution is -2.45. The maximum absolute atomic E-state index is 16.4. The van der Waals surface area contributed by atoms with E-state index in [9.17, 15) is 23.1 Å². The number of carboxylic acids is 1. The van der Waals surface area contributed by atoms with Crippen molar-refractivity contribution in [3.05, 3.63) is 65.1 Å². The number of likely N-dealkylation sites (tertiary alicyclic amines) is 1. The molecular weight excluding hydrogens is 580 g/mol. The van der Waals surface area contributed by atoms with E-state index >= 15 is 4.39 Å². The molecule has 2 saturated heterocycles. The second-order valence-electron chi connectivity index (χ2n) is 11.6. The summed E-state index contributed by atoms with van der Waals surface area (Å²) in [4.78, 5) is 21.3. The van der Waals surface area contributed by atoms with E-state index in [0.29, 0.717) is 86.6 Å². The second kappa shape index (κ2) is 14.1. The number of hydrogen-bond donors (Lipinski definition) is 2. The Morgan fingerprint density at radius 2 is 1.80 bits per heavy atom. The number of aromatic nitrogens is 1. The van der Waals surface area contributed by atoms with Gasteiger partial charge in [-0.1, -0.05) is 0 Å². The quantitative estimate of drug-likeness (QED) is 0.255. The van der Waals surface area contributed by atoms with E-state index in [2.05, 4.69) is 15.2 Å². The highest BCUT2D eigenvalue weighted by molar-refractivity contribution is 5.85. The molecular formula is C32H38F4N4O4. The van der Waals surface area contributed by atoms with Crippen LogP contribution in [0.5, 0.6) is 5.75 Å². The van der Waals surface area contributed by atoms with Gasteiger partial charge in [0.1, 0.15) is 23.4 Å². The lowest BCUT2D eigenvalue weighted by atomic mass is 9.74. The van der Waals surface area contributed by atoms with Crippen molar-refractivity contribution in [3.8, 4) is 5.75 Å². The lowest BCUT2D eigenvalue weighted by Gasteiger charge is -2.39. The van der Waals surface area contributed by atoms with E-state index in [1.807, 2.05) is 4.90 Å². The summed E-state index contributed by atoms with van der Waals surface area (Å²) in [7, 11) is 1.55. The van der Waals surface area contributed by atoms with Crippen molar-refractivity contribution >= 4 is 22.6 Å². The number of hydrogen-bond acceptors (Lipinski definition) is 7. The first kappa shape index (κ1) is 31.9. The number of benzene rings is 2. The molecule has 8 nitrogen and oxygen atoms in total. The fourth-order valence-corrected chi connectivity index (χ4v) is 6.23. The normalized spacial score (nSPS) is 18.3. The molecule has 0 aliphatic carbocycles. The summed E-state index contributed by atoms with van der Waals surface area (Å²) < 4.78 is 68.3. The van der Waals surface area contributed by atoms with Crippen molar-refractivity contribution in [2.75, 3.05) is 64.9 Å². The van der Waals surface area contributed by atoms with Crippen LogP contribution in [0.15, 0.2) is 36.5 Å². The zero-order valence-electron chi connectivity index (χ0n) is 24.8. The molecule has 2 aliphatic rings. The number of carbonyl (C=O) groups is 1. The first-order valence-corrected chi connectivity index (χ1v) is 14.9. The van der Waals surface area contributed by atoms with Crippen LogP contribution in [0.1, 0.15) is 43.0 Å². The number of nitrogens with zero attached hydrogens (tertiary/aromatic N) is 3. The molecule has 0 radical (unpaired) electrons. The van der Waals surface area contributed by atoms with Gasteiger partial charge in [0.05, 0.1) is 31.3 Å². The highest BCUT2D eigenvalue weighted by Gasteiger charge is 2.42. The largest absolute Gasteiger partial charge is 0.497 e. The van der Waals surface area contributed by atoms with Crippen molar-refractivity contribution in [2.45, 2.75) is 38.4 Å².